The maximum absolute atomic E-state index is 10.8. The largest absolute Gasteiger partial charge is 0.390 e. The van der Waals surface area contributed by atoms with Crippen LogP contribution in [0.5, 0.6) is 0 Å². The molecule has 0 aromatic rings. The third-order valence-electron chi connectivity index (χ3n) is 4.50. The topological polar surface area (TPSA) is 40.5 Å². The van der Waals surface area contributed by atoms with E-state index in [0.29, 0.717) is 12.3 Å². The molecule has 0 aromatic carbocycles. The third-order valence-corrected chi connectivity index (χ3v) is 5.78. The molecule has 0 radical (unpaired) electrons. The molecule has 0 spiro atoms. The zero-order chi connectivity index (χ0) is 13.6. The molecule has 18 heavy (non-hydrogen) atoms. The summed E-state index contributed by atoms with van der Waals surface area (Å²) in [4.78, 5) is 0. The first kappa shape index (κ1) is 14.3. The van der Waals surface area contributed by atoms with Gasteiger partial charge in [0.15, 0.2) is 0 Å². The van der Waals surface area contributed by atoms with E-state index >= 15 is 0 Å². The van der Waals surface area contributed by atoms with Crippen LogP contribution < -0.4 is 0 Å². The van der Waals surface area contributed by atoms with Gasteiger partial charge in [-0.25, -0.2) is 0 Å². The Balaban J connectivity index is 2.11. The minimum absolute atomic E-state index is 0.370. The Labute approximate surface area is 112 Å². The highest BCUT2D eigenvalue weighted by atomic mass is 28.3. The van der Waals surface area contributed by atoms with Crippen LogP contribution in [0.3, 0.4) is 0 Å². The van der Waals surface area contributed by atoms with Gasteiger partial charge in [0.1, 0.15) is 0 Å². The highest BCUT2D eigenvalue weighted by molar-refractivity contribution is 6.81. The number of allylic oxidation sites excluding steroid dienone is 1. The van der Waals surface area contributed by atoms with E-state index in [0.717, 1.165) is 32.1 Å². The van der Waals surface area contributed by atoms with E-state index in [-0.39, 0.29) is 0 Å². The second-order valence-electron chi connectivity index (χ2n) is 7.89. The normalized spacial score (nSPS) is 43.9. The van der Waals surface area contributed by atoms with E-state index in [1.54, 1.807) is 5.57 Å². The lowest BCUT2D eigenvalue weighted by atomic mass is 9.62. The number of fused-ring (bicyclic) bond motifs is 1. The molecule has 0 aromatic heterocycles. The molecule has 2 rings (SSSR count). The van der Waals surface area contributed by atoms with Crippen molar-refractivity contribution < 1.29 is 10.2 Å². The first-order chi connectivity index (χ1) is 8.10. The van der Waals surface area contributed by atoms with E-state index in [1.807, 2.05) is 6.92 Å². The molecule has 0 unspecified atom stereocenters. The van der Waals surface area contributed by atoms with Crippen LogP contribution in [0.2, 0.25) is 19.6 Å². The molecule has 3 heteroatoms. The van der Waals surface area contributed by atoms with Crippen LogP contribution in [0.15, 0.2) is 11.3 Å². The molecule has 0 bridgehead atoms. The maximum Gasteiger partial charge on any atom is 0.0709 e. The molecule has 0 aliphatic heterocycles. The van der Waals surface area contributed by atoms with Gasteiger partial charge in [0.05, 0.1) is 19.3 Å². The Morgan fingerprint density at radius 3 is 2.50 bits per heavy atom. The highest BCUT2D eigenvalue weighted by Crippen LogP contribution is 2.48. The smallest absolute Gasteiger partial charge is 0.0709 e. The first-order valence-corrected chi connectivity index (χ1v) is 10.8. The highest BCUT2D eigenvalue weighted by Gasteiger charge is 2.48. The summed E-state index contributed by atoms with van der Waals surface area (Å²) >= 11 is 0. The van der Waals surface area contributed by atoms with Gasteiger partial charge < -0.3 is 10.2 Å². The van der Waals surface area contributed by atoms with E-state index < -0.39 is 19.3 Å². The summed E-state index contributed by atoms with van der Waals surface area (Å²) in [6, 6.07) is 0. The Kier molecular flexibility index (Phi) is 3.54. The molecule has 2 aliphatic rings. The van der Waals surface area contributed by atoms with Crippen molar-refractivity contribution in [1.82, 2.24) is 0 Å². The van der Waals surface area contributed by atoms with Gasteiger partial charge in [0.2, 0.25) is 0 Å². The van der Waals surface area contributed by atoms with Crippen LogP contribution in [0.25, 0.3) is 0 Å². The van der Waals surface area contributed by atoms with Crippen LogP contribution >= 0.6 is 0 Å². The minimum atomic E-state index is -1.15. The monoisotopic (exact) mass is 268 g/mol. The first-order valence-electron chi connectivity index (χ1n) is 7.25. The van der Waals surface area contributed by atoms with Gasteiger partial charge >= 0.3 is 0 Å². The van der Waals surface area contributed by atoms with Crippen molar-refractivity contribution in [2.24, 2.45) is 5.92 Å². The lowest BCUT2D eigenvalue weighted by molar-refractivity contribution is -0.135. The summed E-state index contributed by atoms with van der Waals surface area (Å²) in [5.74, 6) is 0.370. The molecule has 0 amide bonds. The van der Waals surface area contributed by atoms with Crippen molar-refractivity contribution in [2.45, 2.75) is 76.3 Å². The summed E-state index contributed by atoms with van der Waals surface area (Å²) in [7, 11) is -1.15. The Morgan fingerprint density at radius 2 is 1.89 bits per heavy atom. The van der Waals surface area contributed by atoms with Crippen molar-refractivity contribution in [1.29, 1.82) is 0 Å². The lowest BCUT2D eigenvalue weighted by Gasteiger charge is -2.49. The fraction of sp³-hybridized carbons (Fsp3) is 0.867. The summed E-state index contributed by atoms with van der Waals surface area (Å²) in [5, 5.41) is 20.9. The standard InChI is InChI=1S/C15H28O2Si/c1-14(16)7-6-13-9-12(10-18(2,3)4)5-8-15(13,17)11-14/h10,13,16-17H,5-9,11H2,1-4H3/b12-10-/t13-,14+,15+/m0/s1. The minimum Gasteiger partial charge on any atom is -0.390 e. The van der Waals surface area contributed by atoms with E-state index in [9.17, 15) is 10.2 Å². The van der Waals surface area contributed by atoms with E-state index in [1.165, 1.54) is 0 Å². The quantitative estimate of drug-likeness (QED) is 0.717. The van der Waals surface area contributed by atoms with Crippen LogP contribution in [0, 0.1) is 5.92 Å². The van der Waals surface area contributed by atoms with Crippen LogP contribution in [-0.2, 0) is 0 Å². The Morgan fingerprint density at radius 1 is 1.22 bits per heavy atom. The van der Waals surface area contributed by atoms with Crippen molar-refractivity contribution >= 4 is 8.07 Å². The van der Waals surface area contributed by atoms with E-state index in [4.69, 9.17) is 0 Å². The molecule has 2 nitrogen and oxygen atoms in total. The second kappa shape index (κ2) is 4.46. The number of hydrogen-bond donors (Lipinski definition) is 2. The molecule has 104 valence electrons. The summed E-state index contributed by atoms with van der Waals surface area (Å²) < 4.78 is 0. The van der Waals surface area contributed by atoms with Gasteiger partial charge in [0.25, 0.3) is 0 Å². The molecular weight excluding hydrogens is 240 g/mol. The molecule has 3 atom stereocenters. The summed E-state index contributed by atoms with van der Waals surface area (Å²) in [5.41, 5.74) is 2.80. The summed E-state index contributed by atoms with van der Waals surface area (Å²) in [6.07, 6.45) is 5.27. The van der Waals surface area contributed by atoms with Crippen molar-refractivity contribution in [3.63, 3.8) is 0 Å². The molecular formula is C15H28O2Si. The van der Waals surface area contributed by atoms with Gasteiger partial charge in [-0.15, -0.1) is 0 Å². The molecule has 0 saturated heterocycles. The van der Waals surface area contributed by atoms with Crippen molar-refractivity contribution in [3.05, 3.63) is 11.3 Å². The Bertz CT molecular complexity index is 354. The number of hydrogen-bond acceptors (Lipinski definition) is 2. The molecule has 2 fully saturated rings. The lowest BCUT2D eigenvalue weighted by Crippen LogP contribution is -2.51. The van der Waals surface area contributed by atoms with Gasteiger partial charge in [-0.3, -0.25) is 0 Å². The van der Waals surface area contributed by atoms with E-state index in [2.05, 4.69) is 25.3 Å². The van der Waals surface area contributed by atoms with Crippen LogP contribution in [0.4, 0.5) is 0 Å². The van der Waals surface area contributed by atoms with Crippen molar-refractivity contribution in [2.75, 3.05) is 0 Å². The predicted molar refractivity (Wildman–Crippen MR) is 78.2 cm³/mol. The zero-order valence-electron chi connectivity index (χ0n) is 12.3. The second-order valence-corrected chi connectivity index (χ2v) is 12.9. The fourth-order valence-corrected chi connectivity index (χ4v) is 5.26. The maximum atomic E-state index is 10.8. The molecule has 2 aliphatic carbocycles. The van der Waals surface area contributed by atoms with Crippen LogP contribution in [0.1, 0.15) is 45.4 Å². The van der Waals surface area contributed by atoms with Gasteiger partial charge in [-0.05, 0) is 44.9 Å². The van der Waals surface area contributed by atoms with Gasteiger partial charge in [-0.2, -0.15) is 0 Å². The zero-order valence-corrected chi connectivity index (χ0v) is 13.3. The van der Waals surface area contributed by atoms with Gasteiger partial charge in [0, 0.05) is 6.42 Å². The molecule has 2 saturated carbocycles. The number of rotatable bonds is 1. The predicted octanol–water partition coefficient (Wildman–Crippen LogP) is 3.26. The Hall–Kier alpha value is -0.123. The SMILES string of the molecule is C[C@@]1(O)CC[C@H]2C/C(=C\[Si](C)(C)C)CC[C@@]2(O)C1. The molecule has 2 N–H and O–H groups in total. The fourth-order valence-electron chi connectivity index (χ4n) is 3.77. The van der Waals surface area contributed by atoms with Gasteiger partial charge in [-0.1, -0.05) is 30.9 Å². The molecule has 0 heterocycles. The third kappa shape index (κ3) is 3.25. The van der Waals surface area contributed by atoms with Crippen molar-refractivity contribution in [3.8, 4) is 0 Å². The van der Waals surface area contributed by atoms with Crippen LogP contribution in [-0.4, -0.2) is 29.5 Å². The average molecular weight is 268 g/mol. The number of aliphatic hydroxyl groups is 2. The average Bonchev–Trinajstić information content (AvgIpc) is 2.15. The summed E-state index contributed by atoms with van der Waals surface area (Å²) in [6.45, 7) is 8.97.